The highest BCUT2D eigenvalue weighted by Gasteiger charge is 2.30. The second-order valence-corrected chi connectivity index (χ2v) is 7.17. The average Bonchev–Trinajstić information content (AvgIpc) is 2.56. The molecule has 0 saturated carbocycles. The van der Waals surface area contributed by atoms with Gasteiger partial charge in [0.25, 0.3) is 0 Å². The third-order valence-corrected chi connectivity index (χ3v) is 3.70. The van der Waals surface area contributed by atoms with Gasteiger partial charge in [-0.2, -0.15) is 0 Å². The second kappa shape index (κ2) is 5.88. The Morgan fingerprint density at radius 2 is 2.17 bits per heavy atom. The highest BCUT2D eigenvalue weighted by molar-refractivity contribution is 7.89. The van der Waals surface area contributed by atoms with Crippen LogP contribution in [0.4, 0.5) is 0 Å². The van der Waals surface area contributed by atoms with Crippen LogP contribution in [-0.2, 0) is 10.0 Å². The summed E-state index contributed by atoms with van der Waals surface area (Å²) in [7, 11) is -3.43. The molecule has 0 aromatic rings. The number of nitrogens with one attached hydrogen (secondary N) is 1. The number of hydrogen-bond acceptors (Lipinski definition) is 3. The van der Waals surface area contributed by atoms with Gasteiger partial charge in [0, 0.05) is 19.6 Å². The number of nitrogens with zero attached hydrogens (tertiary/aromatic N) is 2. The molecule has 0 unspecified atom stereocenters. The third kappa shape index (κ3) is 5.22. The van der Waals surface area contributed by atoms with E-state index in [4.69, 9.17) is 5.14 Å². The smallest absolute Gasteiger partial charge is 0.210 e. The molecule has 0 spiro atoms. The quantitative estimate of drug-likeness (QED) is 0.557. The first-order valence-electron chi connectivity index (χ1n) is 6.27. The van der Waals surface area contributed by atoms with E-state index in [1.807, 2.05) is 6.92 Å². The van der Waals surface area contributed by atoms with Crippen LogP contribution in [0.3, 0.4) is 0 Å². The lowest BCUT2D eigenvalue weighted by Crippen LogP contribution is -2.41. The predicted octanol–water partition coefficient (Wildman–Crippen LogP) is -0.0277. The summed E-state index contributed by atoms with van der Waals surface area (Å²) < 4.78 is 21.7. The number of aliphatic imine (C=N–C) groups is 1. The summed E-state index contributed by atoms with van der Waals surface area (Å²) >= 11 is 0. The molecular weight excluding hydrogens is 252 g/mol. The van der Waals surface area contributed by atoms with Gasteiger partial charge in [-0.05, 0) is 18.8 Å². The maximum absolute atomic E-state index is 10.9. The Morgan fingerprint density at radius 1 is 1.50 bits per heavy atom. The minimum absolute atomic E-state index is 0.112. The Morgan fingerprint density at radius 3 is 2.61 bits per heavy atom. The standard InChI is InChI=1S/C11H24N4O2S/c1-4-13-10(14-6-8-18(12,16)17)15-7-5-11(2,3)9-15/h4-9H2,1-3H3,(H,13,14)(H2,12,16,17). The van der Waals surface area contributed by atoms with Crippen LogP contribution in [0.5, 0.6) is 0 Å². The molecule has 3 N–H and O–H groups in total. The zero-order chi connectivity index (χ0) is 13.8. The zero-order valence-corrected chi connectivity index (χ0v) is 12.3. The van der Waals surface area contributed by atoms with Crippen LogP contribution < -0.4 is 10.5 Å². The van der Waals surface area contributed by atoms with Gasteiger partial charge in [0.05, 0.1) is 12.3 Å². The molecule has 18 heavy (non-hydrogen) atoms. The summed E-state index contributed by atoms with van der Waals surface area (Å²) in [5.41, 5.74) is 0.288. The van der Waals surface area contributed by atoms with Crippen molar-refractivity contribution in [2.75, 3.05) is 31.9 Å². The van der Waals surface area contributed by atoms with E-state index in [-0.39, 0.29) is 17.7 Å². The molecule has 7 heteroatoms. The van der Waals surface area contributed by atoms with Crippen molar-refractivity contribution in [2.24, 2.45) is 15.5 Å². The van der Waals surface area contributed by atoms with Gasteiger partial charge < -0.3 is 10.2 Å². The van der Waals surface area contributed by atoms with Crippen molar-refractivity contribution < 1.29 is 8.42 Å². The Kier molecular flexibility index (Phi) is 4.98. The predicted molar refractivity (Wildman–Crippen MR) is 73.9 cm³/mol. The topological polar surface area (TPSA) is 87.8 Å². The van der Waals surface area contributed by atoms with E-state index in [0.29, 0.717) is 0 Å². The van der Waals surface area contributed by atoms with E-state index < -0.39 is 10.0 Å². The summed E-state index contributed by atoms with van der Waals surface area (Å²) in [6, 6.07) is 0. The van der Waals surface area contributed by atoms with Crippen molar-refractivity contribution in [1.82, 2.24) is 10.2 Å². The molecule has 0 atom stereocenters. The summed E-state index contributed by atoms with van der Waals surface area (Å²) in [5, 5.41) is 8.15. The minimum atomic E-state index is -3.43. The molecule has 0 aromatic heterocycles. The highest BCUT2D eigenvalue weighted by atomic mass is 32.2. The largest absolute Gasteiger partial charge is 0.357 e. The van der Waals surface area contributed by atoms with Crippen LogP contribution in [0.2, 0.25) is 0 Å². The normalized spacial score (nSPS) is 20.2. The summed E-state index contributed by atoms with van der Waals surface area (Å²) in [6.45, 7) is 9.31. The van der Waals surface area contributed by atoms with Gasteiger partial charge in [-0.1, -0.05) is 13.8 Å². The first-order chi connectivity index (χ1) is 8.23. The van der Waals surface area contributed by atoms with Gasteiger partial charge in [0.15, 0.2) is 5.96 Å². The molecule has 1 aliphatic heterocycles. The Balaban J connectivity index is 2.62. The summed E-state index contributed by atoms with van der Waals surface area (Å²) in [5.74, 6) is 0.672. The van der Waals surface area contributed by atoms with Crippen LogP contribution in [0, 0.1) is 5.41 Å². The number of sulfonamides is 1. The highest BCUT2D eigenvalue weighted by Crippen LogP contribution is 2.28. The number of guanidine groups is 1. The average molecular weight is 276 g/mol. The molecule has 0 bridgehead atoms. The van der Waals surface area contributed by atoms with Gasteiger partial charge in [0.1, 0.15) is 0 Å². The number of hydrogen-bond donors (Lipinski definition) is 2. The van der Waals surface area contributed by atoms with E-state index in [1.54, 1.807) is 0 Å². The molecule has 6 nitrogen and oxygen atoms in total. The lowest BCUT2D eigenvalue weighted by Gasteiger charge is -2.23. The molecule has 106 valence electrons. The van der Waals surface area contributed by atoms with Gasteiger partial charge in [0.2, 0.25) is 10.0 Å². The monoisotopic (exact) mass is 276 g/mol. The van der Waals surface area contributed by atoms with Crippen molar-refractivity contribution in [2.45, 2.75) is 27.2 Å². The van der Waals surface area contributed by atoms with E-state index in [9.17, 15) is 8.42 Å². The molecule has 0 aliphatic carbocycles. The number of nitrogens with two attached hydrogens (primary N) is 1. The van der Waals surface area contributed by atoms with Gasteiger partial charge in [-0.3, -0.25) is 4.99 Å². The van der Waals surface area contributed by atoms with Crippen molar-refractivity contribution in [3.63, 3.8) is 0 Å². The fraction of sp³-hybridized carbons (Fsp3) is 0.909. The fourth-order valence-electron chi connectivity index (χ4n) is 2.00. The van der Waals surface area contributed by atoms with E-state index >= 15 is 0 Å². The van der Waals surface area contributed by atoms with Crippen LogP contribution >= 0.6 is 0 Å². The first kappa shape index (κ1) is 15.2. The summed E-state index contributed by atoms with van der Waals surface area (Å²) in [4.78, 5) is 6.49. The van der Waals surface area contributed by atoms with Crippen LogP contribution in [0.25, 0.3) is 0 Å². The Hall–Kier alpha value is -0.820. The van der Waals surface area contributed by atoms with E-state index in [1.165, 1.54) is 0 Å². The van der Waals surface area contributed by atoms with Crippen molar-refractivity contribution in [3.8, 4) is 0 Å². The first-order valence-corrected chi connectivity index (χ1v) is 7.99. The SMILES string of the molecule is CCNC(=NCCS(N)(=O)=O)N1CCC(C)(C)C1. The van der Waals surface area contributed by atoms with Crippen molar-refractivity contribution >= 4 is 16.0 Å². The van der Waals surface area contributed by atoms with E-state index in [2.05, 4.69) is 29.1 Å². The van der Waals surface area contributed by atoms with Crippen LogP contribution in [0.1, 0.15) is 27.2 Å². The van der Waals surface area contributed by atoms with Crippen molar-refractivity contribution in [3.05, 3.63) is 0 Å². The number of rotatable bonds is 4. The van der Waals surface area contributed by atoms with Crippen molar-refractivity contribution in [1.29, 1.82) is 0 Å². The zero-order valence-electron chi connectivity index (χ0n) is 11.4. The molecule has 1 saturated heterocycles. The van der Waals surface area contributed by atoms with Crippen LogP contribution in [-0.4, -0.2) is 51.2 Å². The third-order valence-electron chi connectivity index (χ3n) is 2.95. The molecular formula is C11H24N4O2S. The Bertz CT molecular complexity index is 403. The maximum atomic E-state index is 10.9. The van der Waals surface area contributed by atoms with E-state index in [0.717, 1.165) is 32.0 Å². The molecule has 1 rings (SSSR count). The maximum Gasteiger partial charge on any atom is 0.210 e. The number of likely N-dealkylation sites (tertiary alicyclic amines) is 1. The summed E-state index contributed by atoms with van der Waals surface area (Å²) in [6.07, 6.45) is 1.12. The molecule has 0 aromatic carbocycles. The second-order valence-electron chi connectivity index (χ2n) is 5.44. The fourth-order valence-corrected chi connectivity index (χ4v) is 2.34. The molecule has 1 heterocycles. The molecule has 1 fully saturated rings. The van der Waals surface area contributed by atoms with Gasteiger partial charge in [-0.25, -0.2) is 13.6 Å². The minimum Gasteiger partial charge on any atom is -0.357 e. The molecule has 0 radical (unpaired) electrons. The lowest BCUT2D eigenvalue weighted by molar-refractivity contribution is 0.370. The van der Waals surface area contributed by atoms with Gasteiger partial charge in [-0.15, -0.1) is 0 Å². The lowest BCUT2D eigenvalue weighted by atomic mass is 9.93. The van der Waals surface area contributed by atoms with Gasteiger partial charge >= 0.3 is 0 Å². The van der Waals surface area contributed by atoms with Crippen LogP contribution in [0.15, 0.2) is 4.99 Å². The Labute approximate surface area is 110 Å². The molecule has 0 amide bonds. The molecule has 1 aliphatic rings. The number of primary sulfonamides is 1.